The molecule has 0 spiro atoms. The summed E-state index contributed by atoms with van der Waals surface area (Å²) in [5, 5.41) is 19.9. The van der Waals surface area contributed by atoms with Gasteiger partial charge >= 0.3 is 0 Å². The van der Waals surface area contributed by atoms with Gasteiger partial charge in [-0.05, 0) is 69.4 Å². The lowest BCUT2D eigenvalue weighted by molar-refractivity contribution is 0.242. The summed E-state index contributed by atoms with van der Waals surface area (Å²) < 4.78 is 5.70. The average molecular weight is 475 g/mol. The Morgan fingerprint density at radius 3 is 2.76 bits per heavy atom. The van der Waals surface area contributed by atoms with Crippen molar-refractivity contribution in [3.05, 3.63) is 76.9 Å². The Labute approximate surface area is 204 Å². The van der Waals surface area contributed by atoms with E-state index in [1.54, 1.807) is 12.4 Å². The molecular weight excluding hydrogens is 444 g/mol. The molecule has 34 heavy (non-hydrogen) atoms. The average Bonchev–Trinajstić information content (AvgIpc) is 3.62. The summed E-state index contributed by atoms with van der Waals surface area (Å²) >= 11 is 1.53. The fraction of sp³-hybridized carbons (Fsp3) is 0.308. The van der Waals surface area contributed by atoms with Crippen molar-refractivity contribution in [2.24, 2.45) is 5.73 Å². The van der Waals surface area contributed by atoms with Crippen molar-refractivity contribution < 1.29 is 4.74 Å². The zero-order valence-corrected chi connectivity index (χ0v) is 20.7. The van der Waals surface area contributed by atoms with Crippen LogP contribution in [0.1, 0.15) is 56.4 Å². The zero-order chi connectivity index (χ0) is 24.5. The number of H-pyrrole nitrogens is 1. The second kappa shape index (κ2) is 12.1. The van der Waals surface area contributed by atoms with Gasteiger partial charge in [-0.1, -0.05) is 30.1 Å². The molecule has 3 N–H and O–H groups in total. The van der Waals surface area contributed by atoms with Crippen LogP contribution in [-0.4, -0.2) is 26.3 Å². The van der Waals surface area contributed by atoms with E-state index in [0.717, 1.165) is 39.8 Å². The predicted molar refractivity (Wildman–Crippen MR) is 137 cm³/mol. The number of nitrogens with zero attached hydrogens (tertiary/aromatic N) is 4. The molecule has 0 saturated heterocycles. The first kappa shape index (κ1) is 25.1. The Hall–Kier alpha value is -3.54. The van der Waals surface area contributed by atoms with Crippen molar-refractivity contribution in [3.8, 4) is 22.4 Å². The molecule has 176 valence electrons. The number of nitrogens with two attached hydrogens (primary N) is 1. The highest BCUT2D eigenvalue weighted by Crippen LogP contribution is 2.39. The molecule has 0 amide bonds. The third-order valence-corrected chi connectivity index (χ3v) is 6.26. The second-order valence-corrected chi connectivity index (χ2v) is 8.88. The lowest BCUT2D eigenvalue weighted by Gasteiger charge is -2.11. The lowest BCUT2D eigenvalue weighted by Crippen LogP contribution is -2.06. The van der Waals surface area contributed by atoms with E-state index >= 15 is 0 Å². The van der Waals surface area contributed by atoms with Gasteiger partial charge in [-0.25, -0.2) is 4.98 Å². The molecule has 0 aliphatic heterocycles. The van der Waals surface area contributed by atoms with Gasteiger partial charge < -0.3 is 15.5 Å². The first-order valence-corrected chi connectivity index (χ1v) is 12.1. The second-order valence-electron chi connectivity index (χ2n) is 7.91. The van der Waals surface area contributed by atoms with Gasteiger partial charge in [0.15, 0.2) is 0 Å². The minimum Gasteiger partial charge on any atom is -0.490 e. The molecule has 1 fully saturated rings. The number of allylic oxidation sites excluding steroid dienone is 5. The molecule has 8 heteroatoms. The van der Waals surface area contributed by atoms with Crippen LogP contribution in [0.3, 0.4) is 0 Å². The van der Waals surface area contributed by atoms with Crippen molar-refractivity contribution in [2.75, 3.05) is 0 Å². The number of benzene rings is 1. The molecule has 1 aliphatic carbocycles. The van der Waals surface area contributed by atoms with Crippen molar-refractivity contribution in [2.45, 2.75) is 52.7 Å². The van der Waals surface area contributed by atoms with Crippen LogP contribution < -0.4 is 10.5 Å². The van der Waals surface area contributed by atoms with Gasteiger partial charge in [0.2, 0.25) is 0 Å². The van der Waals surface area contributed by atoms with Gasteiger partial charge in [0.25, 0.3) is 0 Å². The molecule has 1 saturated carbocycles. The Bertz CT molecular complexity index is 1210. The highest BCUT2D eigenvalue weighted by Gasteiger charge is 2.20. The summed E-state index contributed by atoms with van der Waals surface area (Å²) in [4.78, 5) is 6.70. The largest absolute Gasteiger partial charge is 0.490 e. The van der Waals surface area contributed by atoms with Crippen LogP contribution in [0.2, 0.25) is 0 Å². The van der Waals surface area contributed by atoms with E-state index in [0.29, 0.717) is 17.9 Å². The first-order valence-electron chi connectivity index (χ1n) is 11.2. The molecule has 0 radical (unpaired) electrons. The number of ether oxygens (including phenoxy) is 1. The summed E-state index contributed by atoms with van der Waals surface area (Å²) in [6.07, 6.45) is 10.8. The van der Waals surface area contributed by atoms with E-state index in [-0.39, 0.29) is 6.10 Å². The molecule has 2 aromatic heterocycles. The van der Waals surface area contributed by atoms with Gasteiger partial charge in [0.05, 0.1) is 18.2 Å². The number of hydrogen-bond donors (Lipinski definition) is 2. The number of nitriles is 1. The van der Waals surface area contributed by atoms with Gasteiger partial charge in [-0.3, -0.25) is 0 Å². The monoisotopic (exact) mass is 474 g/mol. The van der Waals surface area contributed by atoms with Crippen LogP contribution >= 0.6 is 11.3 Å². The summed E-state index contributed by atoms with van der Waals surface area (Å²) in [6, 6.07) is 7.78. The Kier molecular flexibility index (Phi) is 8.91. The fourth-order valence-electron chi connectivity index (χ4n) is 3.70. The molecule has 3 aromatic rings. The van der Waals surface area contributed by atoms with E-state index in [1.165, 1.54) is 28.9 Å². The number of aromatic nitrogens is 4. The van der Waals surface area contributed by atoms with E-state index < -0.39 is 0 Å². The zero-order valence-electron chi connectivity index (χ0n) is 19.8. The molecule has 0 atom stereocenters. The van der Waals surface area contributed by atoms with E-state index in [1.807, 2.05) is 38.1 Å². The van der Waals surface area contributed by atoms with Crippen LogP contribution in [0.25, 0.3) is 16.1 Å². The minimum absolute atomic E-state index is 0.0186. The van der Waals surface area contributed by atoms with Crippen molar-refractivity contribution in [1.29, 1.82) is 5.26 Å². The van der Waals surface area contributed by atoms with Gasteiger partial charge in [0.1, 0.15) is 27.7 Å². The maximum atomic E-state index is 9.44. The highest BCUT2D eigenvalue weighted by atomic mass is 32.1. The molecule has 1 aliphatic rings. The molecule has 0 bridgehead atoms. The number of hydrogen-bond acceptors (Lipinski definition) is 7. The molecule has 1 aromatic carbocycles. The smallest absolute Gasteiger partial charge is 0.148 e. The van der Waals surface area contributed by atoms with E-state index in [4.69, 9.17) is 10.5 Å². The SMILES string of the molecule is C=C/C(=C1/CCC/C1=C/C)c1nnc(-c2ccc(OC(C)C)c(C#N)c2)s1.NCc1ncc[nH]1. The van der Waals surface area contributed by atoms with E-state index in [9.17, 15) is 5.26 Å². The summed E-state index contributed by atoms with van der Waals surface area (Å²) in [7, 11) is 0. The molecular formula is C26H30N6OS. The van der Waals surface area contributed by atoms with Crippen LogP contribution in [0.5, 0.6) is 5.75 Å². The quantitative estimate of drug-likeness (QED) is 0.466. The number of nitrogens with one attached hydrogen (secondary N) is 1. The van der Waals surface area contributed by atoms with Gasteiger partial charge in [-0.2, -0.15) is 5.26 Å². The van der Waals surface area contributed by atoms with Crippen LogP contribution in [-0.2, 0) is 6.54 Å². The number of imidazole rings is 1. The third-order valence-electron chi connectivity index (χ3n) is 5.25. The topological polar surface area (TPSA) is 114 Å². The van der Waals surface area contributed by atoms with Crippen molar-refractivity contribution in [3.63, 3.8) is 0 Å². The lowest BCUT2D eigenvalue weighted by atomic mass is 10.0. The van der Waals surface area contributed by atoms with E-state index in [2.05, 4.69) is 45.8 Å². The van der Waals surface area contributed by atoms with Crippen LogP contribution in [0, 0.1) is 11.3 Å². The summed E-state index contributed by atoms with van der Waals surface area (Å²) in [5.41, 5.74) is 10.4. The Morgan fingerprint density at radius 2 is 2.18 bits per heavy atom. The third kappa shape index (κ3) is 6.07. The predicted octanol–water partition coefficient (Wildman–Crippen LogP) is 5.80. The minimum atomic E-state index is 0.0186. The van der Waals surface area contributed by atoms with Crippen molar-refractivity contribution in [1.82, 2.24) is 20.2 Å². The highest BCUT2D eigenvalue weighted by molar-refractivity contribution is 7.15. The number of aromatic amines is 1. The summed E-state index contributed by atoms with van der Waals surface area (Å²) in [6.45, 7) is 10.5. The van der Waals surface area contributed by atoms with Crippen molar-refractivity contribution >= 4 is 16.9 Å². The normalized spacial score (nSPS) is 15.6. The first-order chi connectivity index (χ1) is 16.5. The molecule has 0 unspecified atom stereocenters. The maximum absolute atomic E-state index is 9.44. The molecule has 4 rings (SSSR count). The Morgan fingerprint density at radius 1 is 1.35 bits per heavy atom. The summed E-state index contributed by atoms with van der Waals surface area (Å²) in [5.74, 6) is 1.43. The molecule has 2 heterocycles. The molecule has 7 nitrogen and oxygen atoms in total. The number of rotatable bonds is 6. The standard InChI is InChI=1S/C22H23N3OS.C4H7N3/c1-5-15-8-7-9-19(15)18(6-2)22-25-24-21(27-22)16-10-11-20(26-14(3)4)17(12-16)13-23;5-3-4-6-1-2-7-4/h5-6,10-12,14H,2,7-9H2,1,3-4H3;1-2H,3,5H2,(H,6,7)/b15-5-,19-18+;. The van der Waals surface area contributed by atoms with Gasteiger partial charge in [-0.15, -0.1) is 10.2 Å². The van der Waals surface area contributed by atoms with Gasteiger partial charge in [0, 0.05) is 23.5 Å². The fourth-order valence-corrected chi connectivity index (χ4v) is 4.61. The maximum Gasteiger partial charge on any atom is 0.148 e. The van der Waals surface area contributed by atoms with Crippen LogP contribution in [0.4, 0.5) is 0 Å². The Balaban J connectivity index is 0.000000396. The van der Waals surface area contributed by atoms with Crippen LogP contribution in [0.15, 0.2) is 60.5 Å².